The summed E-state index contributed by atoms with van der Waals surface area (Å²) in [6.45, 7) is 4.00. The van der Waals surface area contributed by atoms with Crippen LogP contribution in [-0.2, 0) is 4.74 Å². The number of hydrogen-bond acceptors (Lipinski definition) is 5. The average molecular weight is 380 g/mol. The van der Waals surface area contributed by atoms with Crippen LogP contribution in [0.2, 0.25) is 0 Å². The van der Waals surface area contributed by atoms with Gasteiger partial charge in [-0.15, -0.1) is 0 Å². The van der Waals surface area contributed by atoms with Gasteiger partial charge in [0.1, 0.15) is 5.60 Å². The Hall–Kier alpha value is -2.76. The number of ether oxygens (including phenoxy) is 1. The summed E-state index contributed by atoms with van der Waals surface area (Å²) in [5.41, 5.74) is 8.18. The van der Waals surface area contributed by atoms with Crippen molar-refractivity contribution in [3.63, 3.8) is 0 Å². The summed E-state index contributed by atoms with van der Waals surface area (Å²) in [5.74, 6) is 0. The van der Waals surface area contributed by atoms with Crippen LogP contribution in [0, 0.1) is 0 Å². The predicted molar refractivity (Wildman–Crippen MR) is 110 cm³/mol. The van der Waals surface area contributed by atoms with E-state index in [0.29, 0.717) is 11.7 Å². The van der Waals surface area contributed by atoms with E-state index in [1.54, 1.807) is 12.4 Å². The Labute approximate surface area is 166 Å². The molecule has 2 aliphatic rings. The Morgan fingerprint density at radius 1 is 1.14 bits per heavy atom. The zero-order chi connectivity index (χ0) is 19.7. The number of pyridine rings is 1. The molecule has 2 aromatic rings. The molecule has 1 amide bonds. The standard InChI is InChI=1S/C22H28N4O2/c1-22(2)20(15-6-4-3-5-7-15)26(21(27)28-22)17-10-8-16(9-11-17)25-19-12-13-24-14-18(19)23/h3-7,12-14,16-17,20H,8-11,23H2,1-2H3,(H,24,25)/t16?,17?,20-/m0/s1. The molecule has 6 heteroatoms. The van der Waals surface area contributed by atoms with Gasteiger partial charge in [0.15, 0.2) is 0 Å². The highest BCUT2D eigenvalue weighted by Gasteiger charge is 2.51. The number of carbonyl (C=O) groups is 1. The van der Waals surface area contributed by atoms with Crippen molar-refractivity contribution in [1.82, 2.24) is 9.88 Å². The van der Waals surface area contributed by atoms with Crippen molar-refractivity contribution in [3.05, 3.63) is 54.4 Å². The van der Waals surface area contributed by atoms with E-state index in [9.17, 15) is 4.79 Å². The van der Waals surface area contributed by atoms with Gasteiger partial charge in [0.25, 0.3) is 0 Å². The Balaban J connectivity index is 1.47. The van der Waals surface area contributed by atoms with E-state index in [2.05, 4.69) is 22.4 Å². The lowest BCUT2D eigenvalue weighted by Crippen LogP contribution is -2.44. The molecule has 0 spiro atoms. The molecule has 2 fully saturated rings. The second-order valence-corrected chi connectivity index (χ2v) is 8.30. The van der Waals surface area contributed by atoms with Crippen molar-refractivity contribution in [2.24, 2.45) is 0 Å². The summed E-state index contributed by atoms with van der Waals surface area (Å²) in [4.78, 5) is 18.8. The van der Waals surface area contributed by atoms with Crippen molar-refractivity contribution in [3.8, 4) is 0 Å². The van der Waals surface area contributed by atoms with Crippen molar-refractivity contribution in [2.45, 2.75) is 63.3 Å². The Bertz CT molecular complexity index is 831. The Morgan fingerprint density at radius 3 is 2.54 bits per heavy atom. The fraction of sp³-hybridized carbons (Fsp3) is 0.455. The van der Waals surface area contributed by atoms with Gasteiger partial charge in [-0.2, -0.15) is 0 Å². The van der Waals surface area contributed by atoms with E-state index in [0.717, 1.165) is 36.9 Å². The third-order valence-corrected chi connectivity index (χ3v) is 5.91. The minimum absolute atomic E-state index is 0.0634. The highest BCUT2D eigenvalue weighted by atomic mass is 16.6. The molecule has 1 aliphatic carbocycles. The zero-order valence-electron chi connectivity index (χ0n) is 16.5. The lowest BCUT2D eigenvalue weighted by molar-refractivity contribution is 0.0664. The zero-order valence-corrected chi connectivity index (χ0v) is 16.5. The fourth-order valence-corrected chi connectivity index (χ4v) is 4.59. The molecule has 1 atom stereocenters. The Kier molecular flexibility index (Phi) is 4.87. The smallest absolute Gasteiger partial charge is 0.411 e. The minimum Gasteiger partial charge on any atom is -0.441 e. The molecule has 1 saturated heterocycles. The van der Waals surface area contributed by atoms with Crippen LogP contribution in [0.15, 0.2) is 48.8 Å². The van der Waals surface area contributed by atoms with Crippen LogP contribution < -0.4 is 11.1 Å². The van der Waals surface area contributed by atoms with Crippen LogP contribution in [-0.4, -0.2) is 33.7 Å². The molecule has 1 aromatic heterocycles. The van der Waals surface area contributed by atoms with Crippen LogP contribution in [0.5, 0.6) is 0 Å². The van der Waals surface area contributed by atoms with E-state index in [1.807, 2.05) is 43.0 Å². The maximum Gasteiger partial charge on any atom is 0.411 e. The normalized spacial score (nSPS) is 26.7. The van der Waals surface area contributed by atoms with Crippen LogP contribution in [0.1, 0.15) is 51.1 Å². The lowest BCUT2D eigenvalue weighted by Gasteiger charge is -2.38. The van der Waals surface area contributed by atoms with Gasteiger partial charge in [-0.1, -0.05) is 30.3 Å². The number of nitrogen functional groups attached to an aromatic ring is 1. The summed E-state index contributed by atoms with van der Waals surface area (Å²) >= 11 is 0. The second kappa shape index (κ2) is 7.34. The number of amides is 1. The van der Waals surface area contributed by atoms with Gasteiger partial charge in [-0.3, -0.25) is 9.88 Å². The van der Waals surface area contributed by atoms with Crippen LogP contribution in [0.4, 0.5) is 16.2 Å². The number of carbonyl (C=O) groups excluding carboxylic acids is 1. The molecule has 148 valence electrons. The maximum absolute atomic E-state index is 12.8. The first kappa shape index (κ1) is 18.6. The molecule has 1 aromatic carbocycles. The summed E-state index contributed by atoms with van der Waals surface area (Å²) in [6, 6.07) is 12.6. The number of nitrogens with one attached hydrogen (secondary N) is 1. The highest BCUT2D eigenvalue weighted by molar-refractivity contribution is 5.72. The van der Waals surface area contributed by atoms with Crippen LogP contribution in [0.3, 0.4) is 0 Å². The number of nitrogens with zero attached hydrogens (tertiary/aromatic N) is 2. The average Bonchev–Trinajstić information content (AvgIpc) is 2.93. The molecule has 1 saturated carbocycles. The first-order valence-corrected chi connectivity index (χ1v) is 9.98. The number of cyclic esters (lactones) is 1. The number of benzene rings is 1. The molecular weight excluding hydrogens is 352 g/mol. The maximum atomic E-state index is 12.8. The molecule has 2 heterocycles. The summed E-state index contributed by atoms with van der Waals surface area (Å²) in [6.07, 6.45) is 7.07. The molecule has 1 aliphatic heterocycles. The van der Waals surface area contributed by atoms with Gasteiger partial charge in [-0.05, 0) is 51.2 Å². The van der Waals surface area contributed by atoms with Crippen molar-refractivity contribution >= 4 is 17.5 Å². The van der Waals surface area contributed by atoms with Gasteiger partial charge in [0.05, 0.1) is 23.6 Å². The summed E-state index contributed by atoms with van der Waals surface area (Å²) in [7, 11) is 0. The monoisotopic (exact) mass is 380 g/mol. The number of nitrogens with two attached hydrogens (primary N) is 1. The topological polar surface area (TPSA) is 80.5 Å². The Morgan fingerprint density at radius 2 is 1.86 bits per heavy atom. The summed E-state index contributed by atoms with van der Waals surface area (Å²) < 4.78 is 5.77. The van der Waals surface area contributed by atoms with E-state index in [1.165, 1.54) is 0 Å². The van der Waals surface area contributed by atoms with Crippen molar-refractivity contribution in [2.75, 3.05) is 11.1 Å². The number of hydrogen-bond donors (Lipinski definition) is 2. The fourth-order valence-electron chi connectivity index (χ4n) is 4.59. The number of rotatable bonds is 4. The third-order valence-electron chi connectivity index (χ3n) is 5.91. The van der Waals surface area contributed by atoms with Crippen molar-refractivity contribution < 1.29 is 9.53 Å². The quantitative estimate of drug-likeness (QED) is 0.824. The van der Waals surface area contributed by atoms with Gasteiger partial charge in [-0.25, -0.2) is 4.79 Å². The highest BCUT2D eigenvalue weighted by Crippen LogP contribution is 2.44. The van der Waals surface area contributed by atoms with E-state index in [-0.39, 0.29) is 18.2 Å². The molecule has 4 rings (SSSR count). The summed E-state index contributed by atoms with van der Waals surface area (Å²) in [5, 5.41) is 3.53. The molecule has 6 nitrogen and oxygen atoms in total. The van der Waals surface area contributed by atoms with Gasteiger partial charge in [0, 0.05) is 18.3 Å². The largest absolute Gasteiger partial charge is 0.441 e. The first-order valence-electron chi connectivity index (χ1n) is 9.98. The SMILES string of the molecule is CC1(C)OC(=O)N(C2CCC(Nc3ccncc3N)CC2)[C@H]1c1ccccc1. The van der Waals surface area contributed by atoms with E-state index >= 15 is 0 Å². The number of aromatic nitrogens is 1. The van der Waals surface area contributed by atoms with Crippen LogP contribution in [0.25, 0.3) is 0 Å². The lowest BCUT2D eigenvalue weighted by atomic mass is 9.86. The van der Waals surface area contributed by atoms with Gasteiger partial charge in [0.2, 0.25) is 0 Å². The van der Waals surface area contributed by atoms with E-state index < -0.39 is 5.60 Å². The molecule has 0 bridgehead atoms. The third kappa shape index (κ3) is 3.51. The number of anilines is 2. The first-order chi connectivity index (χ1) is 13.5. The predicted octanol–water partition coefficient (Wildman–Crippen LogP) is 4.36. The second-order valence-electron chi connectivity index (χ2n) is 8.30. The van der Waals surface area contributed by atoms with Gasteiger partial charge >= 0.3 is 6.09 Å². The minimum atomic E-state index is -0.543. The van der Waals surface area contributed by atoms with Gasteiger partial charge < -0.3 is 15.8 Å². The van der Waals surface area contributed by atoms with E-state index in [4.69, 9.17) is 10.5 Å². The molecule has 28 heavy (non-hydrogen) atoms. The van der Waals surface area contributed by atoms with Crippen LogP contribution >= 0.6 is 0 Å². The van der Waals surface area contributed by atoms with Crippen molar-refractivity contribution in [1.29, 1.82) is 0 Å². The molecular formula is C22H28N4O2. The molecule has 0 unspecified atom stereocenters. The molecule has 3 N–H and O–H groups in total. The molecule has 0 radical (unpaired) electrons.